The number of nitrogens with one attached hydrogen (secondary N) is 1. The molecule has 4 rings (SSSR count). The van der Waals surface area contributed by atoms with Gasteiger partial charge in [0.15, 0.2) is 0 Å². The van der Waals surface area contributed by atoms with Gasteiger partial charge < -0.3 is 9.73 Å². The molecule has 150 valence electrons. The highest BCUT2D eigenvalue weighted by atomic mass is 16.4. The summed E-state index contributed by atoms with van der Waals surface area (Å²) < 4.78 is 5.95. The monoisotopic (exact) mass is 390 g/mol. The quantitative estimate of drug-likeness (QED) is 0.697. The zero-order valence-corrected chi connectivity index (χ0v) is 16.8. The van der Waals surface area contributed by atoms with Crippen molar-refractivity contribution in [2.75, 3.05) is 18.4 Å². The van der Waals surface area contributed by atoms with Crippen molar-refractivity contribution >= 4 is 11.6 Å². The second-order valence-electron chi connectivity index (χ2n) is 7.66. The van der Waals surface area contributed by atoms with Crippen LogP contribution in [0.15, 0.2) is 59.0 Å². The van der Waals surface area contributed by atoms with Gasteiger partial charge in [-0.15, -0.1) is 10.2 Å². The van der Waals surface area contributed by atoms with Crippen molar-refractivity contribution in [1.29, 1.82) is 0 Å². The van der Waals surface area contributed by atoms with Gasteiger partial charge in [-0.2, -0.15) is 0 Å². The van der Waals surface area contributed by atoms with Crippen molar-refractivity contribution in [3.8, 4) is 11.5 Å². The molecular formula is C23H26N4O2. The first-order valence-electron chi connectivity index (χ1n) is 10.1. The smallest absolute Gasteiger partial charge is 0.247 e. The van der Waals surface area contributed by atoms with Gasteiger partial charge in [0.25, 0.3) is 0 Å². The molecule has 2 aromatic carbocycles. The number of carbonyl (C=O) groups is 1. The Morgan fingerprint density at radius 3 is 2.59 bits per heavy atom. The fourth-order valence-electron chi connectivity index (χ4n) is 3.77. The minimum atomic E-state index is 0.0270. The molecule has 6 nitrogen and oxygen atoms in total. The number of hydrogen-bond donors (Lipinski definition) is 1. The van der Waals surface area contributed by atoms with Gasteiger partial charge in [0.2, 0.25) is 17.7 Å². The summed E-state index contributed by atoms with van der Waals surface area (Å²) in [5.74, 6) is 1.30. The van der Waals surface area contributed by atoms with Crippen molar-refractivity contribution in [3.05, 3.63) is 66.1 Å². The summed E-state index contributed by atoms with van der Waals surface area (Å²) in [6.45, 7) is 5.78. The van der Waals surface area contributed by atoms with E-state index in [-0.39, 0.29) is 17.9 Å². The first-order chi connectivity index (χ1) is 14.1. The maximum Gasteiger partial charge on any atom is 0.247 e. The van der Waals surface area contributed by atoms with Crippen LogP contribution in [-0.2, 0) is 4.79 Å². The van der Waals surface area contributed by atoms with Crippen molar-refractivity contribution in [2.45, 2.75) is 32.7 Å². The predicted octanol–water partition coefficient (Wildman–Crippen LogP) is 4.46. The number of anilines is 1. The molecule has 0 bridgehead atoms. The van der Waals surface area contributed by atoms with E-state index in [1.165, 1.54) is 0 Å². The van der Waals surface area contributed by atoms with Gasteiger partial charge in [-0.25, -0.2) is 0 Å². The maximum absolute atomic E-state index is 12.5. The first kappa shape index (κ1) is 19.3. The fraction of sp³-hybridized carbons (Fsp3) is 0.348. The van der Waals surface area contributed by atoms with E-state index in [9.17, 15) is 4.79 Å². The topological polar surface area (TPSA) is 71.3 Å². The van der Waals surface area contributed by atoms with E-state index >= 15 is 0 Å². The number of nitrogens with zero attached hydrogens (tertiary/aromatic N) is 3. The molecule has 1 atom stereocenters. The number of piperidine rings is 1. The van der Waals surface area contributed by atoms with Crippen LogP contribution < -0.4 is 5.32 Å². The second kappa shape index (κ2) is 8.57. The van der Waals surface area contributed by atoms with E-state index in [2.05, 4.69) is 27.3 Å². The summed E-state index contributed by atoms with van der Waals surface area (Å²) in [6.07, 6.45) is 1.64. The molecule has 0 spiro atoms. The lowest BCUT2D eigenvalue weighted by Crippen LogP contribution is -2.39. The maximum atomic E-state index is 12.5. The van der Waals surface area contributed by atoms with Crippen molar-refractivity contribution in [1.82, 2.24) is 15.1 Å². The molecule has 1 N–H and O–H groups in total. The SMILES string of the molecule is Cc1cccc(-c2nnc(C(C)N3CCC(C(=O)Nc4ccccc4)CC3)o2)c1. The minimum absolute atomic E-state index is 0.0270. The van der Waals surface area contributed by atoms with Gasteiger partial charge in [-0.1, -0.05) is 35.9 Å². The highest BCUT2D eigenvalue weighted by Gasteiger charge is 2.29. The number of rotatable bonds is 5. The third-order valence-corrected chi connectivity index (χ3v) is 5.55. The predicted molar refractivity (Wildman–Crippen MR) is 112 cm³/mol. The number of carbonyl (C=O) groups excluding carboxylic acids is 1. The highest BCUT2D eigenvalue weighted by molar-refractivity contribution is 5.92. The van der Waals surface area contributed by atoms with Crippen LogP contribution in [0.5, 0.6) is 0 Å². The Kier molecular flexibility index (Phi) is 5.71. The lowest BCUT2D eigenvalue weighted by Gasteiger charge is -2.33. The summed E-state index contributed by atoms with van der Waals surface area (Å²) in [5, 5.41) is 11.5. The molecule has 1 aromatic heterocycles. The number of amides is 1. The molecule has 1 saturated heterocycles. The summed E-state index contributed by atoms with van der Waals surface area (Å²) >= 11 is 0. The third kappa shape index (κ3) is 4.54. The van der Waals surface area contributed by atoms with Gasteiger partial charge in [-0.05, 0) is 64.0 Å². The Balaban J connectivity index is 1.34. The standard InChI is InChI=1S/C23H26N4O2/c1-16-7-6-8-19(15-16)23-26-25-22(29-23)17(2)27-13-11-18(12-14-27)21(28)24-20-9-4-3-5-10-20/h3-10,15,17-18H,11-14H2,1-2H3,(H,24,28). The number of aryl methyl sites for hydroxylation is 1. The van der Waals surface area contributed by atoms with E-state index in [0.29, 0.717) is 11.8 Å². The van der Waals surface area contributed by atoms with Crippen LogP contribution in [0, 0.1) is 12.8 Å². The van der Waals surface area contributed by atoms with Crippen LogP contribution in [0.4, 0.5) is 5.69 Å². The number of aromatic nitrogens is 2. The molecule has 1 fully saturated rings. The average Bonchev–Trinajstić information content (AvgIpc) is 3.24. The van der Waals surface area contributed by atoms with Crippen molar-refractivity contribution in [2.24, 2.45) is 5.92 Å². The fourth-order valence-corrected chi connectivity index (χ4v) is 3.77. The summed E-state index contributed by atoms with van der Waals surface area (Å²) in [7, 11) is 0. The van der Waals surface area contributed by atoms with Gasteiger partial charge in [0, 0.05) is 17.2 Å². The number of para-hydroxylation sites is 1. The minimum Gasteiger partial charge on any atom is -0.419 e. The molecule has 0 saturated carbocycles. The van der Waals surface area contributed by atoms with Crippen LogP contribution in [0.1, 0.15) is 37.3 Å². The Bertz CT molecular complexity index is 962. The Hall–Kier alpha value is -2.99. The lowest BCUT2D eigenvalue weighted by atomic mass is 9.95. The Morgan fingerprint density at radius 2 is 1.86 bits per heavy atom. The lowest BCUT2D eigenvalue weighted by molar-refractivity contribution is -0.121. The molecule has 0 aliphatic carbocycles. The molecule has 1 amide bonds. The normalized spacial score (nSPS) is 16.5. The van der Waals surface area contributed by atoms with Crippen LogP contribution in [-0.4, -0.2) is 34.1 Å². The molecule has 1 aliphatic rings. The van der Waals surface area contributed by atoms with Crippen LogP contribution in [0.2, 0.25) is 0 Å². The molecule has 29 heavy (non-hydrogen) atoms. The van der Waals surface area contributed by atoms with Gasteiger partial charge in [0.1, 0.15) is 0 Å². The molecule has 1 aliphatic heterocycles. The van der Waals surface area contributed by atoms with Gasteiger partial charge >= 0.3 is 0 Å². The molecule has 3 aromatic rings. The van der Waals surface area contributed by atoms with E-state index in [1.54, 1.807) is 0 Å². The average molecular weight is 390 g/mol. The van der Waals surface area contributed by atoms with E-state index < -0.39 is 0 Å². The number of likely N-dealkylation sites (tertiary alicyclic amines) is 1. The summed E-state index contributed by atoms with van der Waals surface area (Å²) in [5.41, 5.74) is 2.95. The van der Waals surface area contributed by atoms with E-state index in [4.69, 9.17) is 4.42 Å². The molecule has 2 heterocycles. The second-order valence-corrected chi connectivity index (χ2v) is 7.66. The van der Waals surface area contributed by atoms with Crippen LogP contribution in [0.3, 0.4) is 0 Å². The summed E-state index contributed by atoms with van der Waals surface area (Å²) in [4.78, 5) is 14.8. The van der Waals surface area contributed by atoms with Crippen molar-refractivity contribution in [3.63, 3.8) is 0 Å². The highest BCUT2D eigenvalue weighted by Crippen LogP contribution is 2.28. The van der Waals surface area contributed by atoms with Crippen LogP contribution in [0.25, 0.3) is 11.5 Å². The molecule has 0 radical (unpaired) electrons. The zero-order chi connectivity index (χ0) is 20.2. The van der Waals surface area contributed by atoms with Gasteiger partial charge in [-0.3, -0.25) is 9.69 Å². The first-order valence-corrected chi connectivity index (χ1v) is 10.1. The molecule has 6 heteroatoms. The number of benzene rings is 2. The Labute approximate surface area is 170 Å². The Morgan fingerprint density at radius 1 is 1.10 bits per heavy atom. The van der Waals surface area contributed by atoms with Crippen molar-refractivity contribution < 1.29 is 9.21 Å². The van der Waals surface area contributed by atoms with E-state index in [1.807, 2.05) is 61.5 Å². The molecular weight excluding hydrogens is 364 g/mol. The van der Waals surface area contributed by atoms with Crippen LogP contribution >= 0.6 is 0 Å². The zero-order valence-electron chi connectivity index (χ0n) is 16.8. The summed E-state index contributed by atoms with van der Waals surface area (Å²) in [6, 6.07) is 17.7. The molecule has 1 unspecified atom stereocenters. The third-order valence-electron chi connectivity index (χ3n) is 5.55. The largest absolute Gasteiger partial charge is 0.419 e. The van der Waals surface area contributed by atoms with Gasteiger partial charge in [0.05, 0.1) is 6.04 Å². The van der Waals surface area contributed by atoms with E-state index in [0.717, 1.165) is 42.7 Å². The number of hydrogen-bond acceptors (Lipinski definition) is 5.